The second-order valence-corrected chi connectivity index (χ2v) is 9.28. The molecule has 1 heterocycles. The fraction of sp³-hybridized carbons (Fsp3) is 0.129. The van der Waals surface area contributed by atoms with E-state index in [4.69, 9.17) is 9.47 Å². The fourth-order valence-corrected chi connectivity index (χ4v) is 4.53. The molecule has 0 unspecified atom stereocenters. The highest BCUT2D eigenvalue weighted by molar-refractivity contribution is 6.06. The molecule has 2 N–H and O–H groups in total. The second kappa shape index (κ2) is 11.9. The minimum atomic E-state index is -1.10. The molecule has 0 bridgehead atoms. The Labute approximate surface area is 234 Å². The van der Waals surface area contributed by atoms with Crippen molar-refractivity contribution in [1.29, 1.82) is 0 Å². The Morgan fingerprint density at radius 1 is 0.829 bits per heavy atom. The Balaban J connectivity index is 1.39. The number of rotatable bonds is 8. The summed E-state index contributed by atoms with van der Waals surface area (Å²) < 4.78 is 37.8. The van der Waals surface area contributed by atoms with Gasteiger partial charge >= 0.3 is 6.09 Å². The van der Waals surface area contributed by atoms with Crippen LogP contribution in [0.3, 0.4) is 0 Å². The van der Waals surface area contributed by atoms with Crippen molar-refractivity contribution in [3.8, 4) is 5.75 Å². The number of anilines is 2. The molecule has 1 fully saturated rings. The van der Waals surface area contributed by atoms with Gasteiger partial charge in [-0.25, -0.2) is 13.6 Å². The molecule has 0 aliphatic carbocycles. The van der Waals surface area contributed by atoms with E-state index in [-0.39, 0.29) is 12.5 Å². The minimum absolute atomic E-state index is 0.00975. The average Bonchev–Trinajstić information content (AvgIpc) is 3.31. The summed E-state index contributed by atoms with van der Waals surface area (Å²) in [6.45, 7) is -0.00975. The Kier molecular flexibility index (Phi) is 7.91. The van der Waals surface area contributed by atoms with Crippen molar-refractivity contribution >= 4 is 29.3 Å². The average molecular weight is 558 g/mol. The maximum atomic E-state index is 13.5. The topological polar surface area (TPSA) is 97.0 Å². The van der Waals surface area contributed by atoms with Crippen molar-refractivity contribution in [2.75, 3.05) is 17.7 Å². The van der Waals surface area contributed by atoms with Gasteiger partial charge < -0.3 is 20.1 Å². The molecule has 10 heteroatoms. The number of methoxy groups -OCH3 is 1. The lowest BCUT2D eigenvalue weighted by molar-refractivity contribution is -0.121. The molecule has 0 radical (unpaired) electrons. The molecule has 41 heavy (non-hydrogen) atoms. The molecule has 1 aliphatic heterocycles. The molecule has 0 aromatic heterocycles. The largest absolute Gasteiger partial charge is 0.496 e. The number of hydrogen-bond donors (Lipinski definition) is 2. The molecule has 208 valence electrons. The molecule has 0 saturated carbocycles. The van der Waals surface area contributed by atoms with E-state index in [0.717, 1.165) is 0 Å². The molecule has 1 aliphatic rings. The van der Waals surface area contributed by atoms with Crippen molar-refractivity contribution in [2.24, 2.45) is 0 Å². The van der Waals surface area contributed by atoms with Crippen LogP contribution in [0.5, 0.6) is 5.75 Å². The third-order valence-corrected chi connectivity index (χ3v) is 6.58. The molecular formula is C31H25F2N3O5. The number of halogens is 2. The highest BCUT2D eigenvalue weighted by Gasteiger charge is 2.47. The van der Waals surface area contributed by atoms with Gasteiger partial charge in [-0.15, -0.1) is 0 Å². The van der Waals surface area contributed by atoms with Crippen LogP contribution in [-0.4, -0.2) is 36.0 Å². The molecule has 1 saturated heterocycles. The summed E-state index contributed by atoms with van der Waals surface area (Å²) in [5, 5.41) is 5.51. The van der Waals surface area contributed by atoms with Crippen LogP contribution in [0.4, 0.5) is 25.0 Å². The summed E-state index contributed by atoms with van der Waals surface area (Å²) in [6, 6.07) is 23.1. The summed E-state index contributed by atoms with van der Waals surface area (Å²) in [4.78, 5) is 40.6. The Bertz CT molecular complexity index is 1560. The molecule has 2 atom stereocenters. The smallest absolute Gasteiger partial charge is 0.411 e. The molecule has 4 aromatic carbocycles. The summed E-state index contributed by atoms with van der Waals surface area (Å²) in [5.74, 6) is -1.39. The summed E-state index contributed by atoms with van der Waals surface area (Å²) in [6.07, 6.45) is -1.73. The number of benzene rings is 4. The third kappa shape index (κ3) is 6.17. The van der Waals surface area contributed by atoms with Crippen molar-refractivity contribution < 1.29 is 32.6 Å². The lowest BCUT2D eigenvalue weighted by Gasteiger charge is -2.24. The van der Waals surface area contributed by atoms with Crippen LogP contribution >= 0.6 is 0 Å². The normalized spacial score (nSPS) is 16.2. The zero-order valence-electron chi connectivity index (χ0n) is 21.8. The number of ether oxygens (including phenoxy) is 2. The number of nitrogens with zero attached hydrogens (tertiary/aromatic N) is 1. The number of carbonyl (C=O) groups is 3. The predicted octanol–water partition coefficient (Wildman–Crippen LogP) is 5.93. The maximum absolute atomic E-state index is 13.5. The lowest BCUT2D eigenvalue weighted by Crippen LogP contribution is -2.43. The number of nitrogens with one attached hydrogen (secondary N) is 2. The van der Waals surface area contributed by atoms with E-state index in [1.807, 2.05) is 0 Å². The molecule has 0 spiro atoms. The van der Waals surface area contributed by atoms with Crippen LogP contribution in [0.25, 0.3) is 0 Å². The van der Waals surface area contributed by atoms with Crippen LogP contribution in [0.15, 0.2) is 97.1 Å². The van der Waals surface area contributed by atoms with Crippen LogP contribution in [0.2, 0.25) is 0 Å². The van der Waals surface area contributed by atoms with E-state index in [2.05, 4.69) is 10.6 Å². The highest BCUT2D eigenvalue weighted by Crippen LogP contribution is 2.35. The quantitative estimate of drug-likeness (QED) is 0.280. The Morgan fingerprint density at radius 3 is 2.07 bits per heavy atom. The number of carbonyl (C=O) groups excluding carboxylic acids is 3. The van der Waals surface area contributed by atoms with Crippen molar-refractivity contribution in [1.82, 2.24) is 4.90 Å². The number of amides is 3. The van der Waals surface area contributed by atoms with Gasteiger partial charge in [-0.2, -0.15) is 0 Å². The van der Waals surface area contributed by atoms with E-state index in [1.54, 1.807) is 48.5 Å². The van der Waals surface area contributed by atoms with Crippen molar-refractivity contribution in [3.05, 3.63) is 125 Å². The maximum Gasteiger partial charge on any atom is 0.411 e. The highest BCUT2D eigenvalue weighted by atomic mass is 19.1. The van der Waals surface area contributed by atoms with Crippen LogP contribution in [0, 0.1) is 11.6 Å². The van der Waals surface area contributed by atoms with Gasteiger partial charge in [0.05, 0.1) is 19.2 Å². The molecule has 5 rings (SSSR count). The van der Waals surface area contributed by atoms with Gasteiger partial charge in [-0.05, 0) is 71.8 Å². The van der Waals surface area contributed by atoms with Gasteiger partial charge in [0.2, 0.25) is 0 Å². The molecule has 4 aromatic rings. The number of para-hydroxylation sites is 1. The first-order valence-electron chi connectivity index (χ1n) is 12.6. The molecular weight excluding hydrogens is 532 g/mol. The van der Waals surface area contributed by atoms with E-state index in [9.17, 15) is 23.2 Å². The van der Waals surface area contributed by atoms with E-state index in [1.165, 1.54) is 60.5 Å². The molecule has 3 amide bonds. The SMILES string of the molecule is COc1ccccc1C(=O)Nc1ccc([C@H]2OC(=O)N(Cc3ccc(F)cc3)[C@H]2C(=O)Nc2ccc(F)cc2)cc1. The zero-order valence-corrected chi connectivity index (χ0v) is 21.8. The zero-order chi connectivity index (χ0) is 28.9. The van der Waals surface area contributed by atoms with Crippen LogP contribution in [0.1, 0.15) is 27.6 Å². The minimum Gasteiger partial charge on any atom is -0.496 e. The monoisotopic (exact) mass is 557 g/mol. The van der Waals surface area contributed by atoms with Gasteiger partial charge in [0.25, 0.3) is 11.8 Å². The number of hydrogen-bond acceptors (Lipinski definition) is 5. The van der Waals surface area contributed by atoms with E-state index in [0.29, 0.717) is 33.8 Å². The Hall–Kier alpha value is -5.25. The lowest BCUT2D eigenvalue weighted by atomic mass is 10.00. The van der Waals surface area contributed by atoms with Gasteiger partial charge in [-0.1, -0.05) is 36.4 Å². The van der Waals surface area contributed by atoms with Crippen molar-refractivity contribution in [2.45, 2.75) is 18.7 Å². The fourth-order valence-electron chi connectivity index (χ4n) is 4.53. The van der Waals surface area contributed by atoms with E-state index >= 15 is 0 Å². The second-order valence-electron chi connectivity index (χ2n) is 9.28. The third-order valence-electron chi connectivity index (χ3n) is 6.58. The number of cyclic esters (lactones) is 1. The first-order valence-corrected chi connectivity index (χ1v) is 12.6. The predicted molar refractivity (Wildman–Crippen MR) is 147 cm³/mol. The van der Waals surface area contributed by atoms with Gasteiger partial charge in [0.1, 0.15) is 17.4 Å². The standard InChI is InChI=1S/C31H25F2N3O5/c1-40-26-5-3-2-4-25(26)29(37)34-23-14-8-20(9-15-23)28-27(30(38)35-24-16-12-22(33)13-17-24)36(31(39)41-28)18-19-6-10-21(32)11-7-19/h2-17,27-28H,18H2,1H3,(H,34,37)(H,35,38)/t27-,28-/m1/s1. The van der Waals surface area contributed by atoms with Crippen molar-refractivity contribution in [3.63, 3.8) is 0 Å². The van der Waals surface area contributed by atoms with Gasteiger partial charge in [0, 0.05) is 11.4 Å². The first kappa shape index (κ1) is 27.3. The summed E-state index contributed by atoms with van der Waals surface area (Å²) in [5.41, 5.74) is 2.28. The Morgan fingerprint density at radius 2 is 1.41 bits per heavy atom. The summed E-state index contributed by atoms with van der Waals surface area (Å²) >= 11 is 0. The van der Waals surface area contributed by atoms with Crippen LogP contribution in [-0.2, 0) is 16.1 Å². The van der Waals surface area contributed by atoms with Crippen LogP contribution < -0.4 is 15.4 Å². The van der Waals surface area contributed by atoms with Gasteiger partial charge in [0.15, 0.2) is 12.1 Å². The first-order chi connectivity index (χ1) is 19.8. The van der Waals surface area contributed by atoms with Gasteiger partial charge in [-0.3, -0.25) is 14.5 Å². The molecule has 8 nitrogen and oxygen atoms in total. The summed E-state index contributed by atoms with van der Waals surface area (Å²) in [7, 11) is 1.48. The van der Waals surface area contributed by atoms with E-state index < -0.39 is 35.8 Å².